The average Bonchev–Trinajstić information content (AvgIpc) is 2.26. The van der Waals surface area contributed by atoms with Crippen molar-refractivity contribution >= 4 is 6.09 Å². The van der Waals surface area contributed by atoms with Crippen LogP contribution in [0.5, 0.6) is 0 Å². The summed E-state index contributed by atoms with van der Waals surface area (Å²) in [5.41, 5.74) is -0.552. The summed E-state index contributed by atoms with van der Waals surface area (Å²) in [5, 5.41) is 11.5. The molecule has 0 aromatic carbocycles. The van der Waals surface area contributed by atoms with E-state index in [9.17, 15) is 9.90 Å². The Morgan fingerprint density at radius 1 is 1.44 bits per heavy atom. The molecule has 1 heterocycles. The second kappa shape index (κ2) is 6.22. The Kier molecular flexibility index (Phi) is 5.99. The van der Waals surface area contributed by atoms with Gasteiger partial charge in [0.05, 0.1) is 0 Å². The Hall–Kier alpha value is -0.593. The molecule has 0 radical (unpaired) electrons. The van der Waals surface area contributed by atoms with Crippen LogP contribution in [0.25, 0.3) is 0 Å². The van der Waals surface area contributed by atoms with E-state index in [1.165, 1.54) is 4.90 Å². The Morgan fingerprint density at radius 2 is 2.06 bits per heavy atom. The molecule has 0 aliphatic carbocycles. The van der Waals surface area contributed by atoms with Crippen LogP contribution in [-0.2, 0) is 4.74 Å². The molecule has 0 saturated heterocycles. The van der Waals surface area contributed by atoms with Gasteiger partial charge in [-0.3, -0.25) is 4.90 Å². The van der Waals surface area contributed by atoms with Crippen molar-refractivity contribution in [3.63, 3.8) is 0 Å². The number of amides is 1. The van der Waals surface area contributed by atoms with Crippen molar-refractivity contribution in [2.24, 2.45) is 0 Å². The summed E-state index contributed by atoms with van der Waals surface area (Å²) < 4.78 is 5.15. The quantitative estimate of drug-likeness (QED) is 0.471. The van der Waals surface area contributed by atoms with Crippen LogP contribution >= 0.6 is 0 Å². The van der Waals surface area contributed by atoms with Crippen LogP contribution in [0.2, 0.25) is 0 Å². The first kappa shape index (κ1) is 15.4. The van der Waals surface area contributed by atoms with Gasteiger partial charge in [-0.15, -0.1) is 0 Å². The van der Waals surface area contributed by atoms with E-state index in [-0.39, 0.29) is 24.7 Å². The molecular weight excluding hydrogens is 201 g/mol. The van der Waals surface area contributed by atoms with Crippen molar-refractivity contribution in [1.29, 1.82) is 0 Å². The Labute approximate surface area is 109 Å². The third-order valence-corrected chi connectivity index (χ3v) is 2.03. The van der Waals surface area contributed by atoms with E-state index in [1.807, 2.05) is 0 Å². The molecule has 4 nitrogen and oxygen atoms in total. The number of carbonyl (C=O) groups excluding carboxylic acids is 1. The molecule has 0 N–H and O–H groups in total. The minimum absolute atomic E-state index is 0. The second-order valence-corrected chi connectivity index (χ2v) is 4.67. The molecule has 1 aliphatic heterocycles. The number of allylic oxidation sites excluding steroid dienone is 1. The van der Waals surface area contributed by atoms with Crippen molar-refractivity contribution in [2.45, 2.75) is 45.6 Å². The molecule has 1 amide bonds. The molecule has 0 aromatic heterocycles. The molecular formula is C11H18LiNO3. The fourth-order valence-electron chi connectivity index (χ4n) is 1.36. The maximum atomic E-state index is 11.6. The van der Waals surface area contributed by atoms with Crippen LogP contribution in [0.4, 0.5) is 4.79 Å². The molecule has 0 spiro atoms. The van der Waals surface area contributed by atoms with Gasteiger partial charge in [-0.2, -0.15) is 0 Å². The van der Waals surface area contributed by atoms with Crippen molar-refractivity contribution in [2.75, 3.05) is 6.54 Å². The number of ether oxygens (including phenoxy) is 1. The van der Waals surface area contributed by atoms with E-state index < -0.39 is 11.7 Å². The van der Waals surface area contributed by atoms with Crippen LogP contribution in [0.1, 0.15) is 40.0 Å². The monoisotopic (exact) mass is 219 g/mol. The minimum Gasteiger partial charge on any atom is -0.860 e. The summed E-state index contributed by atoms with van der Waals surface area (Å²) >= 11 is 0. The van der Waals surface area contributed by atoms with E-state index >= 15 is 0 Å². The number of hydrogen-bond acceptors (Lipinski definition) is 3. The summed E-state index contributed by atoms with van der Waals surface area (Å²) in [7, 11) is 0. The van der Waals surface area contributed by atoms with Crippen molar-refractivity contribution in [3.8, 4) is 0 Å². The molecule has 5 heteroatoms. The fraction of sp³-hybridized carbons (Fsp3) is 0.727. The van der Waals surface area contributed by atoms with E-state index in [4.69, 9.17) is 4.74 Å². The van der Waals surface area contributed by atoms with Crippen molar-refractivity contribution in [3.05, 3.63) is 12.0 Å². The summed E-state index contributed by atoms with van der Waals surface area (Å²) in [6.07, 6.45) is 3.56. The van der Waals surface area contributed by atoms with Crippen LogP contribution in [-0.4, -0.2) is 23.1 Å². The normalized spacial score (nSPS) is 16.9. The molecule has 0 atom stereocenters. The maximum absolute atomic E-state index is 11.6. The van der Waals surface area contributed by atoms with Gasteiger partial charge >= 0.3 is 25.0 Å². The molecule has 1 aliphatic rings. The summed E-state index contributed by atoms with van der Waals surface area (Å²) in [4.78, 5) is 12.8. The predicted molar refractivity (Wildman–Crippen MR) is 54.9 cm³/mol. The van der Waals surface area contributed by atoms with Gasteiger partial charge < -0.3 is 9.84 Å². The van der Waals surface area contributed by atoms with Gasteiger partial charge in [0.25, 0.3) is 0 Å². The number of nitrogens with zero attached hydrogens (tertiary/aromatic N) is 1. The zero-order valence-corrected chi connectivity index (χ0v) is 10.6. The zero-order chi connectivity index (χ0) is 11.5. The summed E-state index contributed by atoms with van der Waals surface area (Å²) in [6, 6.07) is 0. The maximum Gasteiger partial charge on any atom is 1.00 e. The second-order valence-electron chi connectivity index (χ2n) is 4.67. The third kappa shape index (κ3) is 4.96. The smallest absolute Gasteiger partial charge is 0.860 e. The van der Waals surface area contributed by atoms with E-state index in [0.29, 0.717) is 6.54 Å². The first-order chi connectivity index (χ1) is 6.90. The van der Waals surface area contributed by atoms with Gasteiger partial charge in [0, 0.05) is 6.54 Å². The summed E-state index contributed by atoms with van der Waals surface area (Å²) in [6.45, 7) is 5.83. The fourth-order valence-corrected chi connectivity index (χ4v) is 1.36. The molecule has 16 heavy (non-hydrogen) atoms. The Morgan fingerprint density at radius 3 is 2.62 bits per heavy atom. The molecule has 0 unspecified atom stereocenters. The largest absolute Gasteiger partial charge is 1.00 e. The molecule has 1 rings (SSSR count). The van der Waals surface area contributed by atoms with Gasteiger partial charge in [0.2, 0.25) is 0 Å². The van der Waals surface area contributed by atoms with Gasteiger partial charge in [-0.05, 0) is 45.9 Å². The van der Waals surface area contributed by atoms with Crippen LogP contribution in [0, 0.1) is 0 Å². The van der Waals surface area contributed by atoms with Crippen LogP contribution < -0.4 is 24.0 Å². The topological polar surface area (TPSA) is 52.6 Å². The first-order valence-corrected chi connectivity index (χ1v) is 5.28. The van der Waals surface area contributed by atoms with E-state index in [0.717, 1.165) is 19.3 Å². The zero-order valence-electron chi connectivity index (χ0n) is 10.6. The standard InChI is InChI=1S/C11H19NO3.Li/c1-11(2,3)15-10(14)12-8-6-4-5-7-9(12)13;/h7,13H,4-6,8H2,1-3H3;/q;+1/p-1. The minimum atomic E-state index is -0.552. The average molecular weight is 219 g/mol. The van der Waals surface area contributed by atoms with Gasteiger partial charge in [-0.1, -0.05) is 6.08 Å². The summed E-state index contributed by atoms with van der Waals surface area (Å²) in [5.74, 6) is -0.234. The SMILES string of the molecule is CC(C)(C)OC(=O)N1CCCCC=C1[O-].[Li+]. The molecule has 86 valence electrons. The third-order valence-electron chi connectivity index (χ3n) is 2.03. The predicted octanol–water partition coefficient (Wildman–Crippen LogP) is -1.39. The number of rotatable bonds is 0. The van der Waals surface area contributed by atoms with Crippen molar-refractivity contribution in [1.82, 2.24) is 4.90 Å². The molecule has 0 bridgehead atoms. The molecule has 0 aromatic rings. The Bertz CT molecular complexity index is 271. The van der Waals surface area contributed by atoms with Gasteiger partial charge in [0.15, 0.2) is 0 Å². The van der Waals surface area contributed by atoms with E-state index in [1.54, 1.807) is 26.8 Å². The van der Waals surface area contributed by atoms with Crippen molar-refractivity contribution < 1.29 is 33.5 Å². The number of carbonyl (C=O) groups is 1. The molecule has 0 saturated carbocycles. The first-order valence-electron chi connectivity index (χ1n) is 5.28. The van der Waals surface area contributed by atoms with Crippen LogP contribution in [0.3, 0.4) is 0 Å². The molecule has 0 fully saturated rings. The van der Waals surface area contributed by atoms with E-state index in [2.05, 4.69) is 0 Å². The Balaban J connectivity index is 0.00000225. The number of hydrogen-bond donors (Lipinski definition) is 0. The van der Waals surface area contributed by atoms with Crippen LogP contribution in [0.15, 0.2) is 12.0 Å². The van der Waals surface area contributed by atoms with Gasteiger partial charge in [-0.25, -0.2) is 4.79 Å². The van der Waals surface area contributed by atoms with Gasteiger partial charge in [0.1, 0.15) is 5.60 Å².